The Kier molecular flexibility index (Phi) is 5.85. The van der Waals surface area contributed by atoms with Gasteiger partial charge in [-0.3, -0.25) is 18.9 Å². The number of H-pyrrole nitrogens is 1. The molecular weight excluding hydrogens is 291 g/mol. The first-order valence-corrected chi connectivity index (χ1v) is 7.43. The molecule has 2 unspecified atom stereocenters. The molecule has 0 aliphatic heterocycles. The second-order valence-corrected chi connectivity index (χ2v) is 5.31. The van der Waals surface area contributed by atoms with Gasteiger partial charge in [0, 0.05) is 12.3 Å². The third-order valence-corrected chi connectivity index (χ3v) is 3.00. The Morgan fingerprint density at radius 2 is 2.10 bits per heavy atom. The zero-order valence-electron chi connectivity index (χ0n) is 11.1. The van der Waals surface area contributed by atoms with E-state index in [1.54, 1.807) is 13.8 Å². The highest BCUT2D eigenvalue weighted by Gasteiger charge is 2.20. The van der Waals surface area contributed by atoms with E-state index in [1.165, 1.54) is 12.3 Å². The number of phosphoric acid groups is 1. The van der Waals surface area contributed by atoms with Crippen LogP contribution < -0.4 is 11.2 Å². The van der Waals surface area contributed by atoms with E-state index < -0.39 is 31.4 Å². The second-order valence-electron chi connectivity index (χ2n) is 4.07. The molecule has 0 fully saturated rings. The number of aromatic nitrogens is 2. The predicted octanol–water partition coefficient (Wildman–Crippen LogP) is -0.0404. The van der Waals surface area contributed by atoms with Crippen LogP contribution in [0.15, 0.2) is 21.9 Å². The van der Waals surface area contributed by atoms with Crippen molar-refractivity contribution in [2.24, 2.45) is 0 Å². The zero-order valence-corrected chi connectivity index (χ0v) is 11.9. The lowest BCUT2D eigenvalue weighted by Crippen LogP contribution is -2.33. The third kappa shape index (κ3) is 5.40. The van der Waals surface area contributed by atoms with E-state index in [-0.39, 0.29) is 6.61 Å². The molecule has 0 aromatic carbocycles. The minimum Gasteiger partial charge on any atom is -0.353 e. The first kappa shape index (κ1) is 16.8. The van der Waals surface area contributed by atoms with Crippen LogP contribution >= 0.6 is 7.82 Å². The third-order valence-electron chi connectivity index (χ3n) is 2.52. The molecular formula is C10H17N2O7P. The molecule has 0 saturated carbocycles. The van der Waals surface area contributed by atoms with Crippen molar-refractivity contribution in [1.29, 1.82) is 0 Å². The van der Waals surface area contributed by atoms with Crippen molar-refractivity contribution in [3.63, 3.8) is 0 Å². The van der Waals surface area contributed by atoms with Gasteiger partial charge in [-0.2, -0.15) is 0 Å². The Hall–Kier alpha value is -1.25. The summed E-state index contributed by atoms with van der Waals surface area (Å²) in [4.78, 5) is 41.8. The number of nitrogens with one attached hydrogen (secondary N) is 1. The standard InChI is InChI=1S/C10H17N2O7P/c1-3-8(6-18-20(15,16)17)19-7(2)12-5-4-9(13)11-10(12)14/h4-5,7-8H,3,6H2,1-2H3,(H,11,13,14)(H2,15,16,17). The maximum Gasteiger partial charge on any atom is 0.469 e. The van der Waals surface area contributed by atoms with Gasteiger partial charge in [-0.25, -0.2) is 9.36 Å². The number of hydrogen-bond acceptors (Lipinski definition) is 5. The molecule has 1 aromatic rings. The van der Waals surface area contributed by atoms with E-state index >= 15 is 0 Å². The molecule has 0 spiro atoms. The maximum absolute atomic E-state index is 11.5. The van der Waals surface area contributed by atoms with Gasteiger partial charge in [-0.15, -0.1) is 0 Å². The Morgan fingerprint density at radius 3 is 2.60 bits per heavy atom. The van der Waals surface area contributed by atoms with Crippen molar-refractivity contribution in [3.8, 4) is 0 Å². The maximum atomic E-state index is 11.5. The second kappa shape index (κ2) is 6.96. The van der Waals surface area contributed by atoms with Gasteiger partial charge in [0.05, 0.1) is 12.7 Å². The minimum absolute atomic E-state index is 0.302. The quantitative estimate of drug-likeness (QED) is 0.602. The lowest BCUT2D eigenvalue weighted by atomic mass is 10.3. The number of hydrogen-bond donors (Lipinski definition) is 3. The van der Waals surface area contributed by atoms with Crippen LogP contribution in [0.1, 0.15) is 26.5 Å². The lowest BCUT2D eigenvalue weighted by Gasteiger charge is -2.22. The van der Waals surface area contributed by atoms with E-state index in [1.807, 2.05) is 0 Å². The molecule has 9 nitrogen and oxygen atoms in total. The molecule has 0 amide bonds. The Labute approximate surface area is 114 Å². The van der Waals surface area contributed by atoms with Crippen LogP contribution in [0.4, 0.5) is 0 Å². The van der Waals surface area contributed by atoms with Crippen molar-refractivity contribution in [2.45, 2.75) is 32.6 Å². The number of phosphoric ester groups is 1. The van der Waals surface area contributed by atoms with Gasteiger partial charge in [-0.05, 0) is 13.3 Å². The summed E-state index contributed by atoms with van der Waals surface area (Å²) in [6.45, 7) is 3.01. The molecule has 0 aliphatic carbocycles. The summed E-state index contributed by atoms with van der Waals surface area (Å²) in [7, 11) is -4.56. The molecule has 1 aromatic heterocycles. The highest BCUT2D eigenvalue weighted by atomic mass is 31.2. The SMILES string of the molecule is CCC(COP(=O)(O)O)OC(C)n1ccc(=O)[nH]c1=O. The summed E-state index contributed by atoms with van der Waals surface area (Å²) in [6.07, 6.45) is 0.395. The van der Waals surface area contributed by atoms with Gasteiger partial charge >= 0.3 is 13.5 Å². The highest BCUT2D eigenvalue weighted by Crippen LogP contribution is 2.36. The molecule has 3 N–H and O–H groups in total. The van der Waals surface area contributed by atoms with Crippen molar-refractivity contribution in [3.05, 3.63) is 33.1 Å². The topological polar surface area (TPSA) is 131 Å². The smallest absolute Gasteiger partial charge is 0.353 e. The van der Waals surface area contributed by atoms with Crippen LogP contribution in [0.2, 0.25) is 0 Å². The van der Waals surface area contributed by atoms with E-state index in [2.05, 4.69) is 9.51 Å². The Balaban J connectivity index is 2.72. The van der Waals surface area contributed by atoms with Crippen molar-refractivity contribution in [2.75, 3.05) is 6.61 Å². The summed E-state index contributed by atoms with van der Waals surface area (Å²) in [6, 6.07) is 1.17. The number of ether oxygens (including phenoxy) is 1. The van der Waals surface area contributed by atoms with Crippen LogP contribution in [0, 0.1) is 0 Å². The minimum atomic E-state index is -4.56. The fourth-order valence-corrected chi connectivity index (χ4v) is 1.85. The molecule has 114 valence electrons. The van der Waals surface area contributed by atoms with E-state index in [0.29, 0.717) is 6.42 Å². The van der Waals surface area contributed by atoms with Crippen LogP contribution in [0.5, 0.6) is 0 Å². The number of aromatic amines is 1. The molecule has 2 atom stereocenters. The fraction of sp³-hybridized carbons (Fsp3) is 0.600. The van der Waals surface area contributed by atoms with E-state index in [4.69, 9.17) is 14.5 Å². The summed E-state index contributed by atoms with van der Waals surface area (Å²) >= 11 is 0. The fourth-order valence-electron chi connectivity index (χ4n) is 1.49. The van der Waals surface area contributed by atoms with Crippen LogP contribution in [0.3, 0.4) is 0 Å². The first-order valence-electron chi connectivity index (χ1n) is 5.90. The average Bonchev–Trinajstić information content (AvgIpc) is 2.33. The highest BCUT2D eigenvalue weighted by molar-refractivity contribution is 7.46. The van der Waals surface area contributed by atoms with Gasteiger partial charge in [0.1, 0.15) is 6.23 Å². The van der Waals surface area contributed by atoms with E-state index in [0.717, 1.165) is 4.57 Å². The van der Waals surface area contributed by atoms with Gasteiger partial charge in [0.2, 0.25) is 0 Å². The molecule has 10 heteroatoms. The van der Waals surface area contributed by atoms with Crippen LogP contribution in [-0.4, -0.2) is 32.0 Å². The predicted molar refractivity (Wildman–Crippen MR) is 69.2 cm³/mol. The summed E-state index contributed by atoms with van der Waals surface area (Å²) in [5.74, 6) is 0. The number of nitrogens with zero attached hydrogens (tertiary/aromatic N) is 1. The largest absolute Gasteiger partial charge is 0.469 e. The normalized spacial score (nSPS) is 15.0. The van der Waals surface area contributed by atoms with Crippen molar-refractivity contribution in [1.82, 2.24) is 9.55 Å². The summed E-state index contributed by atoms with van der Waals surface area (Å²) < 4.78 is 21.6. The average molecular weight is 308 g/mol. The summed E-state index contributed by atoms with van der Waals surface area (Å²) in [5.41, 5.74) is -1.15. The molecule has 0 aliphatic rings. The Morgan fingerprint density at radius 1 is 1.45 bits per heavy atom. The molecule has 1 rings (SSSR count). The lowest BCUT2D eigenvalue weighted by molar-refractivity contribution is -0.0672. The van der Waals surface area contributed by atoms with Crippen LogP contribution in [-0.2, 0) is 13.8 Å². The van der Waals surface area contributed by atoms with Crippen molar-refractivity contribution >= 4 is 7.82 Å². The number of rotatable bonds is 7. The van der Waals surface area contributed by atoms with Gasteiger partial charge in [0.15, 0.2) is 0 Å². The summed E-state index contributed by atoms with van der Waals surface area (Å²) in [5, 5.41) is 0. The van der Waals surface area contributed by atoms with E-state index in [9.17, 15) is 14.2 Å². The Bertz CT molecular complexity index is 590. The van der Waals surface area contributed by atoms with Crippen molar-refractivity contribution < 1.29 is 23.6 Å². The molecule has 1 heterocycles. The molecule has 0 bridgehead atoms. The van der Waals surface area contributed by atoms with Gasteiger partial charge in [0.25, 0.3) is 5.56 Å². The van der Waals surface area contributed by atoms with Gasteiger partial charge < -0.3 is 14.5 Å². The zero-order chi connectivity index (χ0) is 15.3. The first-order chi connectivity index (χ1) is 9.23. The van der Waals surface area contributed by atoms with Crippen LogP contribution in [0.25, 0.3) is 0 Å². The molecule has 20 heavy (non-hydrogen) atoms. The van der Waals surface area contributed by atoms with Gasteiger partial charge in [-0.1, -0.05) is 6.92 Å². The monoisotopic (exact) mass is 308 g/mol. The molecule has 0 radical (unpaired) electrons. The molecule has 0 saturated heterocycles.